The highest BCUT2D eigenvalue weighted by molar-refractivity contribution is 7.99. The van der Waals surface area contributed by atoms with E-state index in [2.05, 4.69) is 11.4 Å². The van der Waals surface area contributed by atoms with Crippen molar-refractivity contribution in [1.82, 2.24) is 5.32 Å². The average Bonchev–Trinajstić information content (AvgIpc) is 2.39. The van der Waals surface area contributed by atoms with Crippen molar-refractivity contribution < 1.29 is 4.92 Å². The largest absolute Gasteiger partial charge is 0.303 e. The number of nitrogens with one attached hydrogen (secondary N) is 1. The molecule has 0 saturated carbocycles. The van der Waals surface area contributed by atoms with E-state index < -0.39 is 5.54 Å². The molecule has 0 aliphatic rings. The van der Waals surface area contributed by atoms with Gasteiger partial charge < -0.3 is 5.32 Å². The summed E-state index contributed by atoms with van der Waals surface area (Å²) < 4.78 is 0. The van der Waals surface area contributed by atoms with Gasteiger partial charge in [-0.1, -0.05) is 12.1 Å². The topological polar surface area (TPSA) is 79.0 Å². The third-order valence-electron chi connectivity index (χ3n) is 2.72. The van der Waals surface area contributed by atoms with Gasteiger partial charge in [0.1, 0.15) is 5.54 Å². The maximum absolute atomic E-state index is 10.8. The minimum Gasteiger partial charge on any atom is -0.303 e. The fourth-order valence-corrected chi connectivity index (χ4v) is 2.53. The highest BCUT2D eigenvalue weighted by Crippen LogP contribution is 2.30. The van der Waals surface area contributed by atoms with Gasteiger partial charge in [0.2, 0.25) is 0 Å². The van der Waals surface area contributed by atoms with Gasteiger partial charge in [0.25, 0.3) is 5.69 Å². The lowest BCUT2D eigenvalue weighted by Gasteiger charge is -2.19. The summed E-state index contributed by atoms with van der Waals surface area (Å²) in [5.41, 5.74) is -0.470. The lowest BCUT2D eigenvalue weighted by Crippen LogP contribution is -2.38. The smallest absolute Gasteiger partial charge is 0.282 e. The predicted molar refractivity (Wildman–Crippen MR) is 71.5 cm³/mol. The number of thioether (sulfide) groups is 1. The second-order valence-electron chi connectivity index (χ2n) is 4.02. The lowest BCUT2D eigenvalue weighted by atomic mass is 10.0. The van der Waals surface area contributed by atoms with E-state index in [0.29, 0.717) is 17.1 Å². The first-order chi connectivity index (χ1) is 8.52. The van der Waals surface area contributed by atoms with Crippen LogP contribution < -0.4 is 5.32 Å². The zero-order valence-electron chi connectivity index (χ0n) is 10.3. The molecule has 0 saturated heterocycles. The molecule has 0 heterocycles. The average molecular weight is 265 g/mol. The van der Waals surface area contributed by atoms with Gasteiger partial charge in [-0.25, -0.2) is 0 Å². The van der Waals surface area contributed by atoms with Crippen molar-refractivity contribution in [3.63, 3.8) is 0 Å². The van der Waals surface area contributed by atoms with Crippen LogP contribution in [0.4, 0.5) is 5.69 Å². The third-order valence-corrected chi connectivity index (χ3v) is 3.78. The maximum atomic E-state index is 10.8. The quantitative estimate of drug-likeness (QED) is 0.486. The Balaban J connectivity index is 2.65. The van der Waals surface area contributed by atoms with Gasteiger partial charge in [0.05, 0.1) is 15.9 Å². The Hall–Kier alpha value is -1.58. The summed E-state index contributed by atoms with van der Waals surface area (Å²) in [4.78, 5) is 11.1. The molecule has 96 valence electrons. The second kappa shape index (κ2) is 6.38. The van der Waals surface area contributed by atoms with Gasteiger partial charge in [-0.2, -0.15) is 5.26 Å². The molecule has 0 radical (unpaired) electrons. The molecule has 0 amide bonds. The first kappa shape index (κ1) is 14.5. The molecule has 1 aromatic rings. The van der Waals surface area contributed by atoms with Crippen LogP contribution in [0.3, 0.4) is 0 Å². The Morgan fingerprint density at radius 1 is 1.56 bits per heavy atom. The number of benzene rings is 1. The molecule has 0 spiro atoms. The van der Waals surface area contributed by atoms with Crippen molar-refractivity contribution in [3.8, 4) is 6.07 Å². The molecular weight excluding hydrogens is 250 g/mol. The van der Waals surface area contributed by atoms with Gasteiger partial charge in [-0.15, -0.1) is 11.8 Å². The number of hydrogen-bond acceptors (Lipinski definition) is 5. The molecule has 0 fully saturated rings. The molecule has 0 bridgehead atoms. The van der Waals surface area contributed by atoms with Crippen LogP contribution in [0.5, 0.6) is 0 Å². The standard InChI is InChI=1S/C12H15N3O2S/c1-12(9-13,14-2)7-8-18-11-6-4-3-5-10(11)15(16)17/h3-6,14H,7-8H2,1-2H3. The Labute approximate surface area is 110 Å². The fourth-order valence-electron chi connectivity index (χ4n) is 1.33. The van der Waals surface area contributed by atoms with Crippen molar-refractivity contribution in [2.75, 3.05) is 12.8 Å². The number of nitriles is 1. The van der Waals surface area contributed by atoms with Crippen LogP contribution in [0.1, 0.15) is 13.3 Å². The number of nitrogens with zero attached hydrogens (tertiary/aromatic N) is 2. The molecule has 0 aliphatic heterocycles. The van der Waals surface area contributed by atoms with Crippen molar-refractivity contribution in [3.05, 3.63) is 34.4 Å². The van der Waals surface area contributed by atoms with Gasteiger partial charge in [0.15, 0.2) is 0 Å². The molecule has 5 nitrogen and oxygen atoms in total. The number of rotatable bonds is 6. The van der Waals surface area contributed by atoms with Crippen molar-refractivity contribution in [2.24, 2.45) is 0 Å². The van der Waals surface area contributed by atoms with Crippen LogP contribution in [-0.4, -0.2) is 23.3 Å². The molecule has 1 atom stereocenters. The number of nitro benzene ring substituents is 1. The predicted octanol–water partition coefficient (Wildman–Crippen LogP) is 2.58. The van der Waals surface area contributed by atoms with Gasteiger partial charge >= 0.3 is 0 Å². The molecule has 1 N–H and O–H groups in total. The molecule has 1 aromatic carbocycles. The molecule has 0 aromatic heterocycles. The van der Waals surface area contributed by atoms with E-state index in [0.717, 1.165) is 0 Å². The number of hydrogen-bond donors (Lipinski definition) is 1. The monoisotopic (exact) mass is 265 g/mol. The normalized spacial score (nSPS) is 13.6. The van der Waals surface area contributed by atoms with Crippen LogP contribution in [0, 0.1) is 21.4 Å². The molecule has 18 heavy (non-hydrogen) atoms. The number of nitro groups is 1. The molecule has 0 aliphatic carbocycles. The second-order valence-corrected chi connectivity index (χ2v) is 5.15. The highest BCUT2D eigenvalue weighted by atomic mass is 32.2. The van der Waals surface area contributed by atoms with Crippen LogP contribution in [0.15, 0.2) is 29.2 Å². The van der Waals surface area contributed by atoms with E-state index in [-0.39, 0.29) is 10.6 Å². The maximum Gasteiger partial charge on any atom is 0.282 e. The molecular formula is C12H15N3O2S. The summed E-state index contributed by atoms with van der Waals surface area (Å²) in [5, 5.41) is 22.8. The Morgan fingerprint density at radius 2 is 2.22 bits per heavy atom. The van der Waals surface area contributed by atoms with Crippen molar-refractivity contribution in [2.45, 2.75) is 23.8 Å². The van der Waals surface area contributed by atoms with Crippen LogP contribution in [0.25, 0.3) is 0 Å². The van der Waals surface area contributed by atoms with Crippen LogP contribution in [0.2, 0.25) is 0 Å². The minimum absolute atomic E-state index is 0.116. The van der Waals surface area contributed by atoms with E-state index in [9.17, 15) is 10.1 Å². The van der Waals surface area contributed by atoms with E-state index in [1.54, 1.807) is 25.2 Å². The first-order valence-corrected chi connectivity index (χ1v) is 6.47. The third kappa shape index (κ3) is 3.72. The summed E-state index contributed by atoms with van der Waals surface area (Å²) in [7, 11) is 1.73. The van der Waals surface area contributed by atoms with Crippen molar-refractivity contribution >= 4 is 17.4 Å². The van der Waals surface area contributed by atoms with E-state index in [1.807, 2.05) is 6.92 Å². The van der Waals surface area contributed by atoms with E-state index in [1.165, 1.54) is 17.8 Å². The Morgan fingerprint density at radius 3 is 2.78 bits per heavy atom. The first-order valence-electron chi connectivity index (χ1n) is 5.49. The summed E-state index contributed by atoms with van der Waals surface area (Å²) in [6.07, 6.45) is 0.622. The summed E-state index contributed by atoms with van der Waals surface area (Å²) in [5.74, 6) is 0.649. The SMILES string of the molecule is CNC(C)(C#N)CCSc1ccccc1[N+](=O)[O-]. The molecule has 6 heteroatoms. The molecule has 1 unspecified atom stereocenters. The summed E-state index contributed by atoms with van der Waals surface area (Å²) >= 11 is 1.40. The number of para-hydroxylation sites is 1. The van der Waals surface area contributed by atoms with E-state index in [4.69, 9.17) is 5.26 Å². The summed E-state index contributed by atoms with van der Waals surface area (Å²) in [6, 6.07) is 8.83. The fraction of sp³-hybridized carbons (Fsp3) is 0.417. The Bertz CT molecular complexity index is 473. The van der Waals surface area contributed by atoms with Crippen LogP contribution >= 0.6 is 11.8 Å². The Kier molecular flexibility index (Phi) is 5.13. The zero-order valence-corrected chi connectivity index (χ0v) is 11.2. The van der Waals surface area contributed by atoms with Gasteiger partial charge in [-0.3, -0.25) is 10.1 Å². The zero-order chi connectivity index (χ0) is 13.6. The van der Waals surface area contributed by atoms with E-state index >= 15 is 0 Å². The minimum atomic E-state index is -0.587. The van der Waals surface area contributed by atoms with Gasteiger partial charge in [-0.05, 0) is 26.5 Å². The summed E-state index contributed by atoms with van der Waals surface area (Å²) in [6.45, 7) is 1.81. The lowest BCUT2D eigenvalue weighted by molar-refractivity contribution is -0.387. The van der Waals surface area contributed by atoms with Gasteiger partial charge in [0, 0.05) is 11.8 Å². The van der Waals surface area contributed by atoms with Crippen LogP contribution in [-0.2, 0) is 0 Å². The highest BCUT2D eigenvalue weighted by Gasteiger charge is 2.21. The molecule has 1 rings (SSSR count). The van der Waals surface area contributed by atoms with Crippen molar-refractivity contribution in [1.29, 1.82) is 5.26 Å².